The molecule has 0 amide bonds. The van der Waals surface area contributed by atoms with Gasteiger partial charge in [-0.3, -0.25) is 0 Å². The number of benzene rings is 1. The molecule has 1 aromatic rings. The van der Waals surface area contributed by atoms with Crippen molar-refractivity contribution >= 4 is 6.08 Å². The first-order chi connectivity index (χ1) is 8.74. The van der Waals surface area contributed by atoms with E-state index in [1.54, 1.807) is 0 Å². The normalized spacial score (nSPS) is 28.7. The molecule has 2 atom stereocenters. The molecule has 1 fully saturated rings. The van der Waals surface area contributed by atoms with Crippen molar-refractivity contribution in [2.45, 2.75) is 32.3 Å². The van der Waals surface area contributed by atoms with E-state index in [0.717, 1.165) is 41.9 Å². The molecule has 0 bridgehead atoms. The third-order valence-corrected chi connectivity index (χ3v) is 3.79. The highest BCUT2D eigenvalue weighted by atomic mass is 16.7. The maximum absolute atomic E-state index is 10.2. The lowest BCUT2D eigenvalue weighted by molar-refractivity contribution is 0.126. The third-order valence-electron chi connectivity index (χ3n) is 3.79. The van der Waals surface area contributed by atoms with Crippen LogP contribution >= 0.6 is 0 Å². The first-order valence-electron chi connectivity index (χ1n) is 6.52. The van der Waals surface area contributed by atoms with Crippen LogP contribution in [0.3, 0.4) is 0 Å². The van der Waals surface area contributed by atoms with Gasteiger partial charge in [-0.15, -0.1) is 0 Å². The lowest BCUT2D eigenvalue weighted by atomic mass is 9.83. The Morgan fingerprint density at radius 2 is 2.11 bits per heavy atom. The smallest absolute Gasteiger partial charge is 0.231 e. The number of rotatable bonds is 1. The van der Waals surface area contributed by atoms with E-state index in [1.807, 2.05) is 18.2 Å². The molecular formula is C15H18O3. The standard InChI is InChI=1S/C15H18O3/c1-10-3-2-4-12(15(10)16)7-11-5-6-13-14(8-11)18-9-17-13/h5-8,10,15-16H,2-4,9H2,1H3/b12-7+. The van der Waals surface area contributed by atoms with Gasteiger partial charge >= 0.3 is 0 Å². The lowest BCUT2D eigenvalue weighted by Gasteiger charge is -2.27. The monoisotopic (exact) mass is 246 g/mol. The zero-order valence-electron chi connectivity index (χ0n) is 10.6. The molecule has 96 valence electrons. The van der Waals surface area contributed by atoms with E-state index in [9.17, 15) is 5.11 Å². The van der Waals surface area contributed by atoms with Crippen molar-refractivity contribution in [1.29, 1.82) is 0 Å². The fourth-order valence-electron chi connectivity index (χ4n) is 2.67. The van der Waals surface area contributed by atoms with Gasteiger partial charge in [0, 0.05) is 0 Å². The Balaban J connectivity index is 1.86. The molecule has 1 heterocycles. The van der Waals surface area contributed by atoms with Crippen LogP contribution in [0.2, 0.25) is 0 Å². The van der Waals surface area contributed by atoms with E-state index in [1.165, 1.54) is 0 Å². The van der Waals surface area contributed by atoms with Crippen LogP contribution in [0.25, 0.3) is 6.08 Å². The largest absolute Gasteiger partial charge is 0.454 e. The van der Waals surface area contributed by atoms with Crippen molar-refractivity contribution in [3.63, 3.8) is 0 Å². The minimum atomic E-state index is -0.302. The quantitative estimate of drug-likeness (QED) is 0.828. The topological polar surface area (TPSA) is 38.7 Å². The Hall–Kier alpha value is -1.48. The van der Waals surface area contributed by atoms with E-state index >= 15 is 0 Å². The van der Waals surface area contributed by atoms with E-state index in [0.29, 0.717) is 12.7 Å². The van der Waals surface area contributed by atoms with Crippen LogP contribution in [-0.4, -0.2) is 18.0 Å². The van der Waals surface area contributed by atoms with E-state index in [4.69, 9.17) is 9.47 Å². The van der Waals surface area contributed by atoms with E-state index in [2.05, 4.69) is 13.0 Å². The van der Waals surface area contributed by atoms with Crippen LogP contribution in [0.4, 0.5) is 0 Å². The highest BCUT2D eigenvalue weighted by Gasteiger charge is 2.23. The van der Waals surface area contributed by atoms with Crippen LogP contribution in [0.15, 0.2) is 23.8 Å². The summed E-state index contributed by atoms with van der Waals surface area (Å²) < 4.78 is 10.7. The van der Waals surface area contributed by atoms with Crippen molar-refractivity contribution in [3.05, 3.63) is 29.3 Å². The Kier molecular flexibility index (Phi) is 3.00. The molecule has 3 rings (SSSR count). The number of ether oxygens (including phenoxy) is 2. The van der Waals surface area contributed by atoms with Gasteiger partial charge in [-0.25, -0.2) is 0 Å². The Bertz CT molecular complexity index is 479. The Labute approximate surface area is 107 Å². The average molecular weight is 246 g/mol. The van der Waals surface area contributed by atoms with Crippen LogP contribution in [-0.2, 0) is 0 Å². The molecular weight excluding hydrogens is 228 g/mol. The number of fused-ring (bicyclic) bond motifs is 1. The molecule has 1 aromatic carbocycles. The van der Waals surface area contributed by atoms with Crippen molar-refractivity contribution < 1.29 is 14.6 Å². The number of aliphatic hydroxyl groups is 1. The molecule has 1 saturated carbocycles. The predicted octanol–water partition coefficient (Wildman–Crippen LogP) is 2.98. The molecule has 0 aromatic heterocycles. The maximum atomic E-state index is 10.2. The zero-order chi connectivity index (χ0) is 12.5. The van der Waals surface area contributed by atoms with E-state index < -0.39 is 0 Å². The molecule has 18 heavy (non-hydrogen) atoms. The first kappa shape index (κ1) is 11.6. The van der Waals surface area contributed by atoms with Gasteiger partial charge in [-0.05, 0) is 48.4 Å². The second kappa shape index (κ2) is 4.65. The van der Waals surface area contributed by atoms with Gasteiger partial charge in [-0.2, -0.15) is 0 Å². The van der Waals surface area contributed by atoms with E-state index in [-0.39, 0.29) is 6.10 Å². The SMILES string of the molecule is CC1CCC/C(=C\c2ccc3c(c2)OCO3)C1O. The average Bonchev–Trinajstić information content (AvgIpc) is 2.82. The molecule has 2 aliphatic rings. The summed E-state index contributed by atoms with van der Waals surface area (Å²) >= 11 is 0. The number of aliphatic hydroxyl groups excluding tert-OH is 1. The molecule has 1 aliphatic carbocycles. The minimum Gasteiger partial charge on any atom is -0.454 e. The number of hydrogen-bond acceptors (Lipinski definition) is 3. The third kappa shape index (κ3) is 2.10. The van der Waals surface area contributed by atoms with Gasteiger partial charge < -0.3 is 14.6 Å². The zero-order valence-corrected chi connectivity index (χ0v) is 10.6. The summed E-state index contributed by atoms with van der Waals surface area (Å²) in [5, 5.41) is 10.2. The van der Waals surface area contributed by atoms with Crippen LogP contribution < -0.4 is 9.47 Å². The number of hydrogen-bond donors (Lipinski definition) is 1. The van der Waals surface area contributed by atoms with Crippen LogP contribution in [0.1, 0.15) is 31.7 Å². The second-order valence-electron chi connectivity index (χ2n) is 5.15. The van der Waals surface area contributed by atoms with Crippen LogP contribution in [0.5, 0.6) is 11.5 Å². The summed E-state index contributed by atoms with van der Waals surface area (Å²) in [6, 6.07) is 5.90. The summed E-state index contributed by atoms with van der Waals surface area (Å²) in [6.07, 6.45) is 5.04. The van der Waals surface area contributed by atoms with Gasteiger partial charge in [0.05, 0.1) is 6.10 Å². The van der Waals surface area contributed by atoms with Crippen molar-refractivity contribution in [2.75, 3.05) is 6.79 Å². The fraction of sp³-hybridized carbons (Fsp3) is 0.467. The Morgan fingerprint density at radius 1 is 1.28 bits per heavy atom. The van der Waals surface area contributed by atoms with Crippen molar-refractivity contribution in [3.8, 4) is 11.5 Å². The molecule has 0 radical (unpaired) electrons. The lowest BCUT2D eigenvalue weighted by Crippen LogP contribution is -2.24. The molecule has 3 nitrogen and oxygen atoms in total. The predicted molar refractivity (Wildman–Crippen MR) is 69.6 cm³/mol. The highest BCUT2D eigenvalue weighted by molar-refractivity contribution is 5.59. The van der Waals surface area contributed by atoms with Gasteiger partial charge in [0.1, 0.15) is 0 Å². The summed E-state index contributed by atoms with van der Waals surface area (Å²) in [6.45, 7) is 2.41. The summed E-state index contributed by atoms with van der Waals surface area (Å²) in [7, 11) is 0. The first-order valence-corrected chi connectivity index (χ1v) is 6.52. The Morgan fingerprint density at radius 3 is 3.00 bits per heavy atom. The summed E-state index contributed by atoms with van der Waals surface area (Å²) in [4.78, 5) is 0. The molecule has 1 aliphatic heterocycles. The fourth-order valence-corrected chi connectivity index (χ4v) is 2.67. The van der Waals surface area contributed by atoms with Gasteiger partial charge in [-0.1, -0.05) is 19.1 Å². The van der Waals surface area contributed by atoms with Gasteiger partial charge in [0.2, 0.25) is 6.79 Å². The van der Waals surface area contributed by atoms with Crippen molar-refractivity contribution in [2.24, 2.45) is 5.92 Å². The minimum absolute atomic E-state index is 0.301. The second-order valence-corrected chi connectivity index (χ2v) is 5.15. The van der Waals surface area contributed by atoms with Crippen LogP contribution in [0, 0.1) is 5.92 Å². The molecule has 2 unspecified atom stereocenters. The molecule has 0 spiro atoms. The van der Waals surface area contributed by atoms with Crippen molar-refractivity contribution in [1.82, 2.24) is 0 Å². The maximum Gasteiger partial charge on any atom is 0.231 e. The summed E-state index contributed by atoms with van der Waals surface area (Å²) in [5.41, 5.74) is 2.20. The van der Waals surface area contributed by atoms with Gasteiger partial charge in [0.15, 0.2) is 11.5 Å². The van der Waals surface area contributed by atoms with Gasteiger partial charge in [0.25, 0.3) is 0 Å². The molecule has 1 N–H and O–H groups in total. The molecule has 0 saturated heterocycles. The highest BCUT2D eigenvalue weighted by Crippen LogP contribution is 2.35. The summed E-state index contributed by atoms with van der Waals surface area (Å²) in [5.74, 6) is 1.96. The molecule has 3 heteroatoms.